The minimum absolute atomic E-state index is 0.0274. The van der Waals surface area contributed by atoms with E-state index in [1.165, 1.54) is 57.1 Å². The van der Waals surface area contributed by atoms with Crippen LogP contribution in [0.25, 0.3) is 0 Å². The molecular formula is C29H45NO4. The van der Waals surface area contributed by atoms with Crippen molar-refractivity contribution in [1.29, 1.82) is 0 Å². The summed E-state index contributed by atoms with van der Waals surface area (Å²) >= 11 is 0. The minimum atomic E-state index is -1.99. The Bertz CT molecular complexity index is 751. The first-order chi connectivity index (χ1) is 16.1. The van der Waals surface area contributed by atoms with Gasteiger partial charge in [-0.05, 0) is 18.9 Å². The molecule has 1 atom stereocenters. The fourth-order valence-electron chi connectivity index (χ4n) is 3.45. The van der Waals surface area contributed by atoms with Crippen molar-refractivity contribution in [3.8, 4) is 0 Å². The van der Waals surface area contributed by atoms with Crippen molar-refractivity contribution in [3.05, 3.63) is 72.9 Å². The van der Waals surface area contributed by atoms with E-state index in [-0.39, 0.29) is 11.0 Å². The molecule has 0 aromatic carbocycles. The smallest absolute Gasteiger partial charge is 0.193 e. The van der Waals surface area contributed by atoms with Crippen LogP contribution in [0.5, 0.6) is 0 Å². The number of unbranched alkanes of at least 4 members (excludes halogenated alkanes) is 7. The normalized spacial score (nSPS) is 15.1. The molecule has 5 heteroatoms. The van der Waals surface area contributed by atoms with Crippen molar-refractivity contribution in [2.24, 2.45) is 0 Å². The number of carbonyl (C=O) groups excluding carboxylic acids is 2. The molecule has 0 aromatic rings. The fourth-order valence-corrected chi connectivity index (χ4v) is 3.45. The molecule has 0 aliphatic rings. The average Bonchev–Trinajstić information content (AvgIpc) is 2.73. The fraction of sp³-hybridized carbons (Fsp3) is 0.517. The number of aliphatic carboxylic acids is 1. The highest BCUT2D eigenvalue weighted by molar-refractivity contribution is 5.99. The predicted octanol–water partition coefficient (Wildman–Crippen LogP) is 4.61. The summed E-state index contributed by atoms with van der Waals surface area (Å²) in [4.78, 5) is 23.3. The van der Waals surface area contributed by atoms with Gasteiger partial charge in [-0.25, -0.2) is 0 Å². The molecule has 0 saturated heterocycles. The molecule has 0 aliphatic heterocycles. The van der Waals surface area contributed by atoms with Gasteiger partial charge in [0, 0.05) is 12.4 Å². The third-order valence-electron chi connectivity index (χ3n) is 4.99. The number of likely N-dealkylation sites (N-methyl/N-ethyl adjacent to an activating group) is 1. The monoisotopic (exact) mass is 471 g/mol. The molecule has 0 heterocycles. The molecule has 0 aliphatic carbocycles. The van der Waals surface area contributed by atoms with E-state index in [1.54, 1.807) is 33.3 Å². The highest BCUT2D eigenvalue weighted by Gasteiger charge is 2.39. The maximum Gasteiger partial charge on any atom is 0.193 e. The summed E-state index contributed by atoms with van der Waals surface area (Å²) in [7, 11) is 5.33. The van der Waals surface area contributed by atoms with E-state index in [1.807, 2.05) is 36.5 Å². The van der Waals surface area contributed by atoms with Gasteiger partial charge in [0.05, 0.1) is 21.1 Å². The highest BCUT2D eigenvalue weighted by Crippen LogP contribution is 2.16. The number of quaternary nitrogens is 1. The number of carbonyl (C=O) groups is 2. The van der Waals surface area contributed by atoms with Gasteiger partial charge >= 0.3 is 0 Å². The lowest BCUT2D eigenvalue weighted by atomic mass is 9.92. The van der Waals surface area contributed by atoms with Gasteiger partial charge in [-0.3, -0.25) is 4.79 Å². The van der Waals surface area contributed by atoms with Gasteiger partial charge in [0.2, 0.25) is 0 Å². The summed E-state index contributed by atoms with van der Waals surface area (Å²) in [5.74, 6) is -2.11. The maximum absolute atomic E-state index is 12.3. The Morgan fingerprint density at radius 2 is 1.24 bits per heavy atom. The largest absolute Gasteiger partial charge is 0.550 e. The second-order valence-corrected chi connectivity index (χ2v) is 9.63. The molecule has 0 rings (SSSR count). The summed E-state index contributed by atoms with van der Waals surface area (Å²) in [5.41, 5.74) is -1.99. The molecule has 0 unspecified atom stereocenters. The van der Waals surface area contributed by atoms with Crippen LogP contribution in [-0.4, -0.2) is 54.6 Å². The second kappa shape index (κ2) is 18.9. The van der Waals surface area contributed by atoms with E-state index in [0.717, 1.165) is 6.42 Å². The quantitative estimate of drug-likeness (QED) is 0.129. The zero-order valence-electron chi connectivity index (χ0n) is 21.6. The Morgan fingerprint density at radius 1 is 0.765 bits per heavy atom. The van der Waals surface area contributed by atoms with Gasteiger partial charge in [-0.15, -0.1) is 0 Å². The van der Waals surface area contributed by atoms with Gasteiger partial charge < -0.3 is 19.5 Å². The number of ketones is 1. The maximum atomic E-state index is 12.3. The molecule has 5 nitrogen and oxygen atoms in total. The lowest BCUT2D eigenvalue weighted by Gasteiger charge is -2.34. The Morgan fingerprint density at radius 3 is 1.74 bits per heavy atom. The average molecular weight is 472 g/mol. The zero-order chi connectivity index (χ0) is 25.7. The number of hydrogen-bond acceptors (Lipinski definition) is 4. The van der Waals surface area contributed by atoms with E-state index >= 15 is 0 Å². The standard InChI is InChI=1S/C29H45NO4/c1-5-6-7-8-9-10-11-12-13-14-15-16-17-18-19-20-21-22-23-24-27(31)29(34,25-28(32)33)26-30(2,3)4/h13-24,34H,5-12,25-26H2,1-4H3/t29-/m1/s1. The summed E-state index contributed by atoms with van der Waals surface area (Å²) < 4.78 is 0.248. The van der Waals surface area contributed by atoms with E-state index in [0.29, 0.717) is 0 Å². The van der Waals surface area contributed by atoms with Crippen LogP contribution in [0.1, 0.15) is 64.7 Å². The molecule has 0 bridgehead atoms. The van der Waals surface area contributed by atoms with Crippen LogP contribution in [-0.2, 0) is 9.59 Å². The van der Waals surface area contributed by atoms with Crippen LogP contribution in [0.2, 0.25) is 0 Å². The van der Waals surface area contributed by atoms with Gasteiger partial charge in [-0.1, -0.05) is 112 Å². The number of hydrogen-bond donors (Lipinski definition) is 1. The van der Waals surface area contributed by atoms with E-state index in [2.05, 4.69) is 19.1 Å². The molecule has 0 fully saturated rings. The Kier molecular flexibility index (Phi) is 17.5. The van der Waals surface area contributed by atoms with Crippen molar-refractivity contribution in [1.82, 2.24) is 0 Å². The van der Waals surface area contributed by atoms with Crippen LogP contribution in [0, 0.1) is 0 Å². The van der Waals surface area contributed by atoms with Crippen LogP contribution in [0.15, 0.2) is 72.9 Å². The highest BCUT2D eigenvalue weighted by atomic mass is 16.4. The molecular weight excluding hydrogens is 426 g/mol. The number of allylic oxidation sites excluding steroid dienone is 11. The topological polar surface area (TPSA) is 77.4 Å². The van der Waals surface area contributed by atoms with Gasteiger partial charge in [-0.2, -0.15) is 0 Å². The first-order valence-corrected chi connectivity index (χ1v) is 12.4. The minimum Gasteiger partial charge on any atom is -0.550 e. The molecule has 190 valence electrons. The summed E-state index contributed by atoms with van der Waals surface area (Å²) in [6.07, 6.45) is 31.6. The number of rotatable bonds is 19. The number of nitrogens with zero attached hydrogens (tertiary/aromatic N) is 1. The second-order valence-electron chi connectivity index (χ2n) is 9.63. The van der Waals surface area contributed by atoms with Crippen LogP contribution < -0.4 is 5.11 Å². The Labute approximate surface area is 207 Å². The van der Waals surface area contributed by atoms with Crippen molar-refractivity contribution < 1.29 is 24.3 Å². The van der Waals surface area contributed by atoms with Crippen LogP contribution in [0.4, 0.5) is 0 Å². The van der Waals surface area contributed by atoms with Crippen LogP contribution in [0.3, 0.4) is 0 Å². The third-order valence-corrected chi connectivity index (χ3v) is 4.99. The number of carboxylic acid groups (broad SMARTS) is 1. The van der Waals surface area contributed by atoms with Crippen molar-refractivity contribution in [3.63, 3.8) is 0 Å². The molecule has 0 radical (unpaired) electrons. The SMILES string of the molecule is CCCCCCCCCC=CC=CC=CC=CC=CC=CC(=O)[C@@](O)(CC(=O)[O-])C[N+](C)(C)C. The van der Waals surface area contributed by atoms with Crippen LogP contribution >= 0.6 is 0 Å². The Balaban J connectivity index is 4.27. The first kappa shape index (κ1) is 31.5. The van der Waals surface area contributed by atoms with E-state index in [4.69, 9.17) is 0 Å². The number of carboxylic acids is 1. The third kappa shape index (κ3) is 19.0. The zero-order valence-corrected chi connectivity index (χ0v) is 21.6. The van der Waals surface area contributed by atoms with Crippen molar-refractivity contribution in [2.75, 3.05) is 27.7 Å². The van der Waals surface area contributed by atoms with Gasteiger partial charge in [0.1, 0.15) is 6.54 Å². The lowest BCUT2D eigenvalue weighted by Crippen LogP contribution is -2.55. The lowest BCUT2D eigenvalue weighted by molar-refractivity contribution is -0.875. The molecule has 1 N–H and O–H groups in total. The molecule has 0 saturated carbocycles. The molecule has 0 aromatic heterocycles. The summed E-state index contributed by atoms with van der Waals surface area (Å²) in [6, 6.07) is 0. The number of aliphatic hydroxyl groups is 1. The predicted molar refractivity (Wildman–Crippen MR) is 140 cm³/mol. The van der Waals surface area contributed by atoms with Crippen molar-refractivity contribution in [2.45, 2.75) is 70.3 Å². The van der Waals surface area contributed by atoms with Gasteiger partial charge in [0.25, 0.3) is 0 Å². The van der Waals surface area contributed by atoms with Gasteiger partial charge in [0.15, 0.2) is 11.4 Å². The van der Waals surface area contributed by atoms with Crippen molar-refractivity contribution >= 4 is 11.8 Å². The first-order valence-electron chi connectivity index (χ1n) is 12.4. The molecule has 0 amide bonds. The van der Waals surface area contributed by atoms with E-state index < -0.39 is 23.8 Å². The van der Waals surface area contributed by atoms with E-state index in [9.17, 15) is 19.8 Å². The Hall–Kier alpha value is -2.50. The molecule has 34 heavy (non-hydrogen) atoms. The summed E-state index contributed by atoms with van der Waals surface area (Å²) in [6.45, 7) is 2.22. The summed E-state index contributed by atoms with van der Waals surface area (Å²) in [5, 5.41) is 21.5. The molecule has 0 spiro atoms.